The van der Waals surface area contributed by atoms with Gasteiger partial charge in [0, 0.05) is 17.3 Å². The number of fused-ring (bicyclic) bond motifs is 1. The minimum Gasteiger partial charge on any atom is -0.465 e. The van der Waals surface area contributed by atoms with Crippen molar-refractivity contribution in [3.05, 3.63) is 65.4 Å². The number of hydrogen-bond acceptors (Lipinski definition) is 2. The zero-order chi connectivity index (χ0) is 19.1. The molecule has 0 fully saturated rings. The Labute approximate surface area is 149 Å². The summed E-state index contributed by atoms with van der Waals surface area (Å²) in [6, 6.07) is 10.2. The van der Waals surface area contributed by atoms with Crippen molar-refractivity contribution >= 4 is 16.9 Å². The van der Waals surface area contributed by atoms with Gasteiger partial charge in [0.2, 0.25) is 0 Å². The summed E-state index contributed by atoms with van der Waals surface area (Å²) in [5.41, 5.74) is 2.20. The normalized spacial score (nSPS) is 12.0. The Bertz CT molecular complexity index is 954. The van der Waals surface area contributed by atoms with E-state index in [0.717, 1.165) is 28.6 Å². The summed E-state index contributed by atoms with van der Waals surface area (Å²) in [6.45, 7) is 4.05. The van der Waals surface area contributed by atoms with Crippen LogP contribution in [0.15, 0.2) is 48.7 Å². The van der Waals surface area contributed by atoms with Crippen LogP contribution in [0.2, 0.25) is 0 Å². The maximum absolute atomic E-state index is 12.8. The van der Waals surface area contributed by atoms with E-state index in [1.54, 1.807) is 18.2 Å². The molecule has 0 bridgehead atoms. The number of esters is 1. The molecule has 6 heteroatoms. The average molecular weight is 361 g/mol. The molecule has 0 aliphatic rings. The molecular formula is C20H18F3NO2. The maximum atomic E-state index is 12.8. The summed E-state index contributed by atoms with van der Waals surface area (Å²) in [5.74, 6) is -0.245. The molecule has 136 valence electrons. The molecule has 0 aliphatic heterocycles. The van der Waals surface area contributed by atoms with Crippen LogP contribution in [0.3, 0.4) is 0 Å². The molecule has 0 aliphatic carbocycles. The molecule has 3 rings (SSSR count). The van der Waals surface area contributed by atoms with Gasteiger partial charge < -0.3 is 9.30 Å². The van der Waals surface area contributed by atoms with Crippen molar-refractivity contribution in [2.75, 3.05) is 7.11 Å². The van der Waals surface area contributed by atoms with E-state index in [-0.39, 0.29) is 5.92 Å². The van der Waals surface area contributed by atoms with E-state index < -0.39 is 17.7 Å². The smallest absolute Gasteiger partial charge is 0.416 e. The number of methoxy groups -OCH3 is 1. The van der Waals surface area contributed by atoms with Crippen molar-refractivity contribution < 1.29 is 22.7 Å². The average Bonchev–Trinajstić information content (AvgIpc) is 2.99. The van der Waals surface area contributed by atoms with Gasteiger partial charge in [-0.25, -0.2) is 4.79 Å². The van der Waals surface area contributed by atoms with Crippen molar-refractivity contribution in [3.8, 4) is 5.69 Å². The van der Waals surface area contributed by atoms with Crippen molar-refractivity contribution in [2.45, 2.75) is 25.9 Å². The monoisotopic (exact) mass is 361 g/mol. The number of halogens is 3. The summed E-state index contributed by atoms with van der Waals surface area (Å²) >= 11 is 0. The van der Waals surface area contributed by atoms with E-state index in [2.05, 4.69) is 0 Å². The third-order valence-corrected chi connectivity index (χ3v) is 4.35. The molecule has 0 N–H and O–H groups in total. The standard InChI is InChI=1S/C20H18F3NO2/c1-12(2)17-11-24(15-7-5-14(6-8-15)20(21,22)23)18-9-4-13(10-16(17)18)19(25)26-3/h4-12H,1-3H3. The molecule has 0 saturated heterocycles. The van der Waals surface area contributed by atoms with E-state index in [9.17, 15) is 18.0 Å². The number of carbonyl (C=O) groups excluding carboxylic acids is 1. The summed E-state index contributed by atoms with van der Waals surface area (Å²) in [5, 5.41) is 0.878. The SMILES string of the molecule is COC(=O)c1ccc2c(c1)c(C(C)C)cn2-c1ccc(C(F)(F)F)cc1. The topological polar surface area (TPSA) is 31.2 Å². The first kappa shape index (κ1) is 18.0. The van der Waals surface area contributed by atoms with E-state index in [4.69, 9.17) is 4.74 Å². The maximum Gasteiger partial charge on any atom is 0.416 e. The lowest BCUT2D eigenvalue weighted by atomic mass is 10.0. The Kier molecular flexibility index (Phi) is 4.52. The molecule has 1 aromatic heterocycles. The Balaban J connectivity index is 2.16. The molecule has 0 atom stereocenters. The molecule has 1 heterocycles. The first-order chi connectivity index (χ1) is 12.2. The highest BCUT2D eigenvalue weighted by Crippen LogP contribution is 2.33. The summed E-state index contributed by atoms with van der Waals surface area (Å²) < 4.78 is 45.0. The van der Waals surface area contributed by atoms with E-state index >= 15 is 0 Å². The highest BCUT2D eigenvalue weighted by atomic mass is 19.4. The van der Waals surface area contributed by atoms with Gasteiger partial charge in [0.1, 0.15) is 0 Å². The summed E-state index contributed by atoms with van der Waals surface area (Å²) in [4.78, 5) is 11.8. The molecule has 0 amide bonds. The van der Waals surface area contributed by atoms with Crippen LogP contribution in [0.4, 0.5) is 13.2 Å². The first-order valence-corrected chi connectivity index (χ1v) is 8.13. The van der Waals surface area contributed by atoms with Gasteiger partial charge in [0.25, 0.3) is 0 Å². The third kappa shape index (κ3) is 3.19. The predicted octanol–water partition coefficient (Wildman–Crippen LogP) is 5.56. The molecule has 0 radical (unpaired) electrons. The van der Waals surface area contributed by atoms with Crippen LogP contribution >= 0.6 is 0 Å². The van der Waals surface area contributed by atoms with Crippen LogP contribution in [0.5, 0.6) is 0 Å². The number of nitrogens with zero attached hydrogens (tertiary/aromatic N) is 1. The zero-order valence-corrected chi connectivity index (χ0v) is 14.6. The second-order valence-corrected chi connectivity index (χ2v) is 6.38. The number of carbonyl (C=O) groups is 1. The number of benzene rings is 2. The lowest BCUT2D eigenvalue weighted by Gasteiger charge is -2.09. The minimum absolute atomic E-state index is 0.182. The van der Waals surface area contributed by atoms with Crippen LogP contribution in [0.25, 0.3) is 16.6 Å². The Hall–Kier alpha value is -2.76. The second kappa shape index (κ2) is 6.52. The molecular weight excluding hydrogens is 343 g/mol. The molecule has 0 unspecified atom stereocenters. The Morgan fingerprint density at radius 3 is 2.27 bits per heavy atom. The van der Waals surface area contributed by atoms with Crippen LogP contribution in [0, 0.1) is 0 Å². The van der Waals surface area contributed by atoms with Crippen LogP contribution < -0.4 is 0 Å². The molecule has 26 heavy (non-hydrogen) atoms. The first-order valence-electron chi connectivity index (χ1n) is 8.13. The highest BCUT2D eigenvalue weighted by Gasteiger charge is 2.30. The lowest BCUT2D eigenvalue weighted by molar-refractivity contribution is -0.137. The zero-order valence-electron chi connectivity index (χ0n) is 14.6. The van der Waals surface area contributed by atoms with E-state index in [1.807, 2.05) is 24.6 Å². The van der Waals surface area contributed by atoms with Crippen LogP contribution in [-0.2, 0) is 10.9 Å². The largest absolute Gasteiger partial charge is 0.465 e. The molecule has 0 saturated carbocycles. The third-order valence-electron chi connectivity index (χ3n) is 4.35. The second-order valence-electron chi connectivity index (χ2n) is 6.38. The van der Waals surface area contributed by atoms with Crippen molar-refractivity contribution in [3.63, 3.8) is 0 Å². The van der Waals surface area contributed by atoms with Gasteiger partial charge in [-0.3, -0.25) is 0 Å². The fourth-order valence-electron chi connectivity index (χ4n) is 2.99. The fraction of sp³-hybridized carbons (Fsp3) is 0.250. The van der Waals surface area contributed by atoms with Crippen molar-refractivity contribution in [1.29, 1.82) is 0 Å². The molecule has 3 aromatic rings. The Morgan fingerprint density at radius 2 is 1.73 bits per heavy atom. The summed E-state index contributed by atoms with van der Waals surface area (Å²) in [7, 11) is 1.32. The lowest BCUT2D eigenvalue weighted by Crippen LogP contribution is -2.05. The van der Waals surface area contributed by atoms with Gasteiger partial charge in [0.15, 0.2) is 0 Å². The number of alkyl halides is 3. The van der Waals surface area contributed by atoms with Crippen molar-refractivity contribution in [1.82, 2.24) is 4.57 Å². The minimum atomic E-state index is -4.37. The predicted molar refractivity (Wildman–Crippen MR) is 93.7 cm³/mol. The molecule has 0 spiro atoms. The summed E-state index contributed by atoms with van der Waals surface area (Å²) in [6.07, 6.45) is -2.46. The van der Waals surface area contributed by atoms with Gasteiger partial charge in [-0.15, -0.1) is 0 Å². The van der Waals surface area contributed by atoms with Crippen LogP contribution in [0.1, 0.15) is 41.3 Å². The number of rotatable bonds is 3. The van der Waals surface area contributed by atoms with Gasteiger partial charge in [-0.05, 0) is 53.9 Å². The highest BCUT2D eigenvalue weighted by molar-refractivity contribution is 5.96. The van der Waals surface area contributed by atoms with Crippen molar-refractivity contribution in [2.24, 2.45) is 0 Å². The fourth-order valence-corrected chi connectivity index (χ4v) is 2.99. The molecule has 2 aromatic carbocycles. The number of ether oxygens (including phenoxy) is 1. The number of hydrogen-bond donors (Lipinski definition) is 0. The van der Waals surface area contributed by atoms with E-state index in [1.165, 1.54) is 19.2 Å². The van der Waals surface area contributed by atoms with Gasteiger partial charge in [-0.2, -0.15) is 13.2 Å². The van der Waals surface area contributed by atoms with E-state index in [0.29, 0.717) is 11.3 Å². The Morgan fingerprint density at radius 1 is 1.08 bits per heavy atom. The van der Waals surface area contributed by atoms with Gasteiger partial charge in [-0.1, -0.05) is 13.8 Å². The van der Waals surface area contributed by atoms with Gasteiger partial charge in [0.05, 0.1) is 23.8 Å². The van der Waals surface area contributed by atoms with Gasteiger partial charge >= 0.3 is 12.1 Å². The molecule has 3 nitrogen and oxygen atoms in total. The quantitative estimate of drug-likeness (QED) is 0.572. The number of aromatic nitrogens is 1. The van der Waals surface area contributed by atoms with Crippen LogP contribution in [-0.4, -0.2) is 17.6 Å².